The fourth-order valence-corrected chi connectivity index (χ4v) is 9.99. The maximum absolute atomic E-state index is 13.4. The van der Waals surface area contributed by atoms with Gasteiger partial charge in [-0.1, -0.05) is 48.9 Å². The van der Waals surface area contributed by atoms with Crippen LogP contribution in [-0.4, -0.2) is 33.3 Å². The van der Waals surface area contributed by atoms with Gasteiger partial charge in [0.2, 0.25) is 0 Å². The van der Waals surface area contributed by atoms with Crippen molar-refractivity contribution < 1.29 is 9.59 Å². The van der Waals surface area contributed by atoms with Crippen molar-refractivity contribution in [3.05, 3.63) is 49.4 Å². The lowest BCUT2D eigenvalue weighted by molar-refractivity contribution is -0.140. The molecule has 0 radical (unpaired) electrons. The fourth-order valence-electron chi connectivity index (χ4n) is 6.66. The van der Waals surface area contributed by atoms with Gasteiger partial charge in [-0.25, -0.2) is 0 Å². The molecule has 1 N–H and O–H groups in total. The molecule has 0 spiro atoms. The van der Waals surface area contributed by atoms with Crippen molar-refractivity contribution in [2.24, 2.45) is 34.7 Å². The largest absolute Gasteiger partial charge is 0.307 e. The Kier molecular flexibility index (Phi) is 4.56. The van der Waals surface area contributed by atoms with E-state index < -0.39 is 0 Å². The lowest BCUT2D eigenvalue weighted by atomic mass is 9.62. The van der Waals surface area contributed by atoms with Crippen molar-refractivity contribution in [3.8, 4) is 0 Å². The number of hydrazone groups is 1. The van der Waals surface area contributed by atoms with E-state index in [9.17, 15) is 14.4 Å². The van der Waals surface area contributed by atoms with Gasteiger partial charge in [0, 0.05) is 20.6 Å². The highest BCUT2D eigenvalue weighted by Gasteiger charge is 2.71. The minimum absolute atomic E-state index is 0.0236. The number of aromatic amines is 1. The quantitative estimate of drug-likeness (QED) is 0.521. The van der Waals surface area contributed by atoms with Crippen LogP contribution in [0, 0.1) is 29.6 Å². The second-order valence-electron chi connectivity index (χ2n) is 9.45. The van der Waals surface area contributed by atoms with E-state index >= 15 is 0 Å². The SMILES string of the molecule is CC[C@]1(C)c2sc(=O)[nH]c2S[C@@H]2[C@H]3C[C@@H]([C@H]4C(=O)N(/N=C\c5ccc(Cl)cc5)C(=O)[C@H]34)[C@@H]21. The Morgan fingerprint density at radius 2 is 1.88 bits per heavy atom. The number of nitrogens with zero attached hydrogens (tertiary/aromatic N) is 2. The lowest BCUT2D eigenvalue weighted by Gasteiger charge is -2.48. The molecule has 2 saturated carbocycles. The zero-order valence-electron chi connectivity index (χ0n) is 17.6. The van der Waals surface area contributed by atoms with Gasteiger partial charge in [0.1, 0.15) is 0 Å². The molecular formula is C23H22ClN3O3S2. The molecule has 4 aliphatic rings. The smallest absolute Gasteiger partial charge is 0.305 e. The Morgan fingerprint density at radius 1 is 1.19 bits per heavy atom. The van der Waals surface area contributed by atoms with E-state index in [4.69, 9.17) is 11.6 Å². The van der Waals surface area contributed by atoms with Crippen LogP contribution in [-0.2, 0) is 15.0 Å². The summed E-state index contributed by atoms with van der Waals surface area (Å²) in [4.78, 5) is 43.0. The number of benzene rings is 1. The predicted molar refractivity (Wildman–Crippen MR) is 125 cm³/mol. The Balaban J connectivity index is 1.34. The number of amides is 2. The Hall–Kier alpha value is -1.90. The Bertz CT molecular complexity index is 1220. The monoisotopic (exact) mass is 487 g/mol. The number of aromatic nitrogens is 1. The number of imide groups is 1. The van der Waals surface area contributed by atoms with Gasteiger partial charge in [0.25, 0.3) is 11.8 Å². The van der Waals surface area contributed by atoms with Crippen molar-refractivity contribution in [2.45, 2.75) is 42.4 Å². The molecule has 1 saturated heterocycles. The minimum atomic E-state index is -0.309. The summed E-state index contributed by atoms with van der Waals surface area (Å²) in [5.41, 5.74) is 0.620. The molecule has 9 heteroatoms. The van der Waals surface area contributed by atoms with E-state index in [0.717, 1.165) is 33.3 Å². The molecule has 1 aromatic heterocycles. The molecule has 32 heavy (non-hydrogen) atoms. The van der Waals surface area contributed by atoms with Crippen molar-refractivity contribution in [1.29, 1.82) is 0 Å². The zero-order valence-corrected chi connectivity index (χ0v) is 20.0. The van der Waals surface area contributed by atoms with Crippen LogP contribution in [0.5, 0.6) is 0 Å². The van der Waals surface area contributed by atoms with Crippen LogP contribution < -0.4 is 4.87 Å². The number of nitrogens with one attached hydrogen (secondary N) is 1. The zero-order chi connectivity index (χ0) is 22.4. The van der Waals surface area contributed by atoms with Gasteiger partial charge < -0.3 is 4.98 Å². The third kappa shape index (κ3) is 2.66. The number of fused-ring (bicyclic) bond motifs is 9. The van der Waals surface area contributed by atoms with Gasteiger partial charge in [-0.2, -0.15) is 10.1 Å². The molecule has 2 aliphatic heterocycles. The molecule has 166 valence electrons. The average Bonchev–Trinajstić information content (AvgIpc) is 3.50. The average molecular weight is 488 g/mol. The van der Waals surface area contributed by atoms with Crippen molar-refractivity contribution in [3.63, 3.8) is 0 Å². The van der Waals surface area contributed by atoms with Crippen LogP contribution in [0.25, 0.3) is 0 Å². The number of hydrogen-bond donors (Lipinski definition) is 1. The number of hydrogen-bond acceptors (Lipinski definition) is 6. The molecule has 2 amide bonds. The second-order valence-corrected chi connectivity index (χ2v) is 12.1. The second kappa shape index (κ2) is 7.05. The summed E-state index contributed by atoms with van der Waals surface area (Å²) in [5, 5.41) is 7.22. The number of halogens is 1. The molecule has 2 aromatic rings. The van der Waals surface area contributed by atoms with Crippen molar-refractivity contribution in [2.75, 3.05) is 0 Å². The summed E-state index contributed by atoms with van der Waals surface area (Å²) in [6, 6.07) is 7.11. The molecular weight excluding hydrogens is 466 g/mol. The summed E-state index contributed by atoms with van der Waals surface area (Å²) >= 11 is 8.95. The van der Waals surface area contributed by atoms with Gasteiger partial charge in [0.15, 0.2) is 0 Å². The lowest BCUT2D eigenvalue weighted by Crippen LogP contribution is -2.49. The number of thiazole rings is 1. The topological polar surface area (TPSA) is 82.6 Å². The predicted octanol–water partition coefficient (Wildman–Crippen LogP) is 4.13. The molecule has 1 aromatic carbocycles. The maximum Gasteiger partial charge on any atom is 0.305 e. The number of carbonyl (C=O) groups excluding carboxylic acids is 2. The summed E-state index contributed by atoms with van der Waals surface area (Å²) in [5.74, 6) is -0.414. The molecule has 3 fully saturated rings. The van der Waals surface area contributed by atoms with Crippen molar-refractivity contribution in [1.82, 2.24) is 9.99 Å². The van der Waals surface area contributed by atoms with E-state index in [-0.39, 0.29) is 56.9 Å². The van der Waals surface area contributed by atoms with Crippen LogP contribution in [0.4, 0.5) is 0 Å². The van der Waals surface area contributed by atoms with Crippen molar-refractivity contribution >= 4 is 52.7 Å². The Morgan fingerprint density at radius 3 is 2.56 bits per heavy atom. The molecule has 3 heterocycles. The Labute approximate surface area is 198 Å². The van der Waals surface area contributed by atoms with E-state index in [1.165, 1.54) is 11.3 Å². The third-order valence-electron chi connectivity index (χ3n) is 8.13. The summed E-state index contributed by atoms with van der Waals surface area (Å²) in [7, 11) is 0. The highest BCUT2D eigenvalue weighted by atomic mass is 35.5. The molecule has 7 atom stereocenters. The molecule has 6 nitrogen and oxygen atoms in total. The van der Waals surface area contributed by atoms with Gasteiger partial charge in [-0.05, 0) is 48.3 Å². The maximum atomic E-state index is 13.4. The van der Waals surface area contributed by atoms with Crippen LogP contribution in [0.3, 0.4) is 0 Å². The first-order valence-electron chi connectivity index (χ1n) is 10.9. The first-order valence-corrected chi connectivity index (χ1v) is 13.0. The van der Waals surface area contributed by atoms with Gasteiger partial charge in [-0.3, -0.25) is 14.4 Å². The fraction of sp³-hybridized carbons (Fsp3) is 0.478. The first-order chi connectivity index (χ1) is 15.3. The van der Waals surface area contributed by atoms with Crippen LogP contribution >= 0.6 is 34.7 Å². The standard InChI is InChI=1S/C23H22ClN3O3S2/c1-3-23(2)16-12-8-13(17(16)31-19-18(23)32-22(30)26-19)15-14(12)20(28)27(21(15)29)25-9-10-4-6-11(24)7-5-10/h4-7,9,12-17H,3,8H2,1-2H3,(H,26,30)/b25-9-/t12-,13-,14+,15+,16-,17+,23-/m0/s1. The normalized spacial score (nSPS) is 37.3. The van der Waals surface area contributed by atoms with Crippen LogP contribution in [0.15, 0.2) is 39.2 Å². The third-order valence-corrected chi connectivity index (χ3v) is 11.1. The van der Waals surface area contributed by atoms with Gasteiger partial charge in [-0.15, -0.1) is 11.8 Å². The summed E-state index contributed by atoms with van der Waals surface area (Å²) in [6.45, 7) is 4.40. The number of thioether (sulfide) groups is 1. The first kappa shape index (κ1) is 20.7. The molecule has 6 rings (SSSR count). The van der Waals surface area contributed by atoms with Gasteiger partial charge >= 0.3 is 4.87 Å². The highest BCUT2D eigenvalue weighted by Crippen LogP contribution is 2.69. The van der Waals surface area contributed by atoms with Gasteiger partial charge in [0.05, 0.1) is 23.1 Å². The molecule has 2 bridgehead atoms. The summed E-state index contributed by atoms with van der Waals surface area (Å²) in [6.07, 6.45) is 3.35. The van der Waals surface area contributed by atoms with E-state index in [2.05, 4.69) is 23.9 Å². The van der Waals surface area contributed by atoms with Crippen LogP contribution in [0.1, 0.15) is 37.1 Å². The summed E-state index contributed by atoms with van der Waals surface area (Å²) < 4.78 is 0. The van der Waals surface area contributed by atoms with E-state index in [1.807, 2.05) is 0 Å². The minimum Gasteiger partial charge on any atom is -0.307 e. The van der Waals surface area contributed by atoms with Crippen LogP contribution in [0.2, 0.25) is 5.02 Å². The molecule has 0 unspecified atom stereocenters. The number of rotatable bonds is 3. The number of H-pyrrole nitrogens is 1. The van der Waals surface area contributed by atoms with E-state index in [1.54, 1.807) is 42.2 Å². The molecule has 2 aliphatic carbocycles. The highest BCUT2D eigenvalue weighted by molar-refractivity contribution is 8.00. The van der Waals surface area contributed by atoms with E-state index in [0.29, 0.717) is 5.02 Å². The number of carbonyl (C=O) groups is 2.